The molecular weight excluding hydrogens is 465 g/mol. The number of hydrogen-bond donors (Lipinski definition) is 2. The second kappa shape index (κ2) is 11.1. The summed E-state index contributed by atoms with van der Waals surface area (Å²) in [4.78, 5) is 21.2. The molecule has 0 bridgehead atoms. The van der Waals surface area contributed by atoms with E-state index in [0.29, 0.717) is 17.3 Å². The molecule has 0 radical (unpaired) electrons. The number of rotatable bonds is 9. The lowest BCUT2D eigenvalue weighted by Gasteiger charge is -2.13. The molecule has 0 aliphatic rings. The molecule has 4 rings (SSSR count). The van der Waals surface area contributed by atoms with Gasteiger partial charge in [-0.2, -0.15) is 0 Å². The van der Waals surface area contributed by atoms with Crippen LogP contribution in [0.3, 0.4) is 0 Å². The maximum Gasteiger partial charge on any atom is 0.237 e. The number of nitrogens with one attached hydrogen (secondary N) is 2. The van der Waals surface area contributed by atoms with Crippen LogP contribution in [0.1, 0.15) is 13.3 Å². The molecule has 0 aliphatic carbocycles. The second-order valence-corrected chi connectivity index (χ2v) is 8.92. The first kappa shape index (κ1) is 24.3. The number of halogens is 1. The monoisotopic (exact) mass is 491 g/mol. The lowest BCUT2D eigenvalue weighted by Crippen LogP contribution is -2.24. The Morgan fingerprint density at radius 2 is 1.51 bits per heavy atom. The van der Waals surface area contributed by atoms with E-state index in [1.807, 2.05) is 55.5 Å². The van der Waals surface area contributed by atoms with E-state index in [2.05, 4.69) is 10.3 Å². The zero-order valence-corrected chi connectivity index (χ0v) is 20.5. The summed E-state index contributed by atoms with van der Waals surface area (Å²) in [6.07, 6.45) is 0.591. The number of thioether (sulfide) groups is 1. The van der Waals surface area contributed by atoms with Gasteiger partial charge < -0.3 is 19.8 Å². The number of methoxy groups -OCH3 is 2. The van der Waals surface area contributed by atoms with Crippen molar-refractivity contribution in [2.75, 3.05) is 19.5 Å². The molecule has 1 atom stereocenters. The van der Waals surface area contributed by atoms with Crippen molar-refractivity contribution in [3.63, 3.8) is 0 Å². The van der Waals surface area contributed by atoms with E-state index in [-0.39, 0.29) is 11.7 Å². The minimum atomic E-state index is -0.390. The lowest BCUT2D eigenvalue weighted by atomic mass is 10.0. The highest BCUT2D eigenvalue weighted by atomic mass is 32.2. The minimum Gasteiger partial charge on any atom is -0.497 e. The normalized spacial score (nSPS) is 11.7. The molecule has 0 fully saturated rings. The molecule has 0 saturated carbocycles. The fourth-order valence-electron chi connectivity index (χ4n) is 3.54. The van der Waals surface area contributed by atoms with Gasteiger partial charge in [-0.1, -0.05) is 18.7 Å². The Morgan fingerprint density at radius 3 is 2.06 bits per heavy atom. The van der Waals surface area contributed by atoms with E-state index in [9.17, 15) is 9.18 Å². The molecule has 180 valence electrons. The van der Waals surface area contributed by atoms with Crippen LogP contribution in [0.15, 0.2) is 78.0 Å². The van der Waals surface area contributed by atoms with Crippen molar-refractivity contribution in [1.82, 2.24) is 9.97 Å². The zero-order valence-electron chi connectivity index (χ0n) is 19.7. The van der Waals surface area contributed by atoms with Crippen molar-refractivity contribution in [2.24, 2.45) is 0 Å². The third-order valence-corrected chi connectivity index (χ3v) is 6.70. The van der Waals surface area contributed by atoms with E-state index in [0.717, 1.165) is 34.0 Å². The van der Waals surface area contributed by atoms with Crippen molar-refractivity contribution in [3.05, 3.63) is 78.6 Å². The second-order valence-electron chi connectivity index (χ2n) is 7.73. The van der Waals surface area contributed by atoms with Gasteiger partial charge in [0.2, 0.25) is 5.91 Å². The van der Waals surface area contributed by atoms with Crippen LogP contribution in [0.5, 0.6) is 11.5 Å². The molecule has 1 amide bonds. The summed E-state index contributed by atoms with van der Waals surface area (Å²) in [5.74, 6) is 1.00. The maximum absolute atomic E-state index is 13.2. The van der Waals surface area contributed by atoms with Crippen molar-refractivity contribution in [3.8, 4) is 34.0 Å². The number of anilines is 1. The SMILES string of the molecule is CCC(Sc1nc(-c2ccc(OC)cc2)c(-c2ccc(OC)cc2)[nH]1)C(=O)Nc1ccc(F)cc1. The molecule has 0 aliphatic heterocycles. The maximum atomic E-state index is 13.2. The van der Waals surface area contributed by atoms with Crippen molar-refractivity contribution in [1.29, 1.82) is 0 Å². The van der Waals surface area contributed by atoms with Crippen LogP contribution in [0, 0.1) is 5.82 Å². The van der Waals surface area contributed by atoms with E-state index in [1.54, 1.807) is 26.4 Å². The molecule has 6 nitrogen and oxygen atoms in total. The smallest absolute Gasteiger partial charge is 0.237 e. The first-order valence-corrected chi connectivity index (χ1v) is 12.0. The summed E-state index contributed by atoms with van der Waals surface area (Å²) in [5.41, 5.74) is 4.03. The van der Waals surface area contributed by atoms with Crippen molar-refractivity contribution in [2.45, 2.75) is 23.8 Å². The number of nitrogens with zero attached hydrogens (tertiary/aromatic N) is 1. The molecule has 35 heavy (non-hydrogen) atoms. The fraction of sp³-hybridized carbons (Fsp3) is 0.185. The van der Waals surface area contributed by atoms with Crippen LogP contribution < -0.4 is 14.8 Å². The molecule has 0 saturated heterocycles. The lowest BCUT2D eigenvalue weighted by molar-refractivity contribution is -0.115. The number of carbonyl (C=O) groups is 1. The number of amides is 1. The molecule has 4 aromatic rings. The average molecular weight is 492 g/mol. The number of aromatic nitrogens is 2. The van der Waals surface area contributed by atoms with Gasteiger partial charge in [0.05, 0.1) is 30.9 Å². The quantitative estimate of drug-likeness (QED) is 0.265. The Hall–Kier alpha value is -3.78. The van der Waals surface area contributed by atoms with Crippen LogP contribution >= 0.6 is 11.8 Å². The number of H-pyrrole nitrogens is 1. The minimum absolute atomic E-state index is 0.169. The molecular formula is C27H26FN3O3S. The van der Waals surface area contributed by atoms with Crippen molar-refractivity contribution >= 4 is 23.4 Å². The van der Waals surface area contributed by atoms with Crippen LogP contribution in [0.4, 0.5) is 10.1 Å². The average Bonchev–Trinajstić information content (AvgIpc) is 3.32. The first-order valence-electron chi connectivity index (χ1n) is 11.1. The van der Waals surface area contributed by atoms with Gasteiger partial charge in [0, 0.05) is 16.8 Å². The number of aromatic amines is 1. The molecule has 1 unspecified atom stereocenters. The Kier molecular flexibility index (Phi) is 7.72. The molecule has 0 spiro atoms. The van der Waals surface area contributed by atoms with E-state index >= 15 is 0 Å². The standard InChI is InChI=1S/C27H26FN3O3S/c1-4-23(26(32)29-20-11-9-19(28)10-12-20)35-27-30-24(17-5-13-21(33-2)14-6-17)25(31-27)18-7-15-22(34-3)16-8-18/h5-16,23H,4H2,1-3H3,(H,29,32)(H,30,31). The van der Waals surface area contributed by atoms with Gasteiger partial charge in [-0.05, 0) is 79.2 Å². The highest BCUT2D eigenvalue weighted by Gasteiger charge is 2.22. The number of benzene rings is 3. The Labute approximate surface area is 207 Å². The van der Waals surface area contributed by atoms with Gasteiger partial charge >= 0.3 is 0 Å². The number of ether oxygens (including phenoxy) is 2. The van der Waals surface area contributed by atoms with E-state index in [1.165, 1.54) is 23.9 Å². The summed E-state index contributed by atoms with van der Waals surface area (Å²) in [6.45, 7) is 1.94. The van der Waals surface area contributed by atoms with Gasteiger partial charge in [0.15, 0.2) is 5.16 Å². The summed E-state index contributed by atoms with van der Waals surface area (Å²) in [5, 5.41) is 3.09. The first-order chi connectivity index (χ1) is 17.0. The van der Waals surface area contributed by atoms with Crippen LogP contribution in [0.2, 0.25) is 0 Å². The predicted octanol–water partition coefficient (Wildman–Crippen LogP) is 6.41. The fourth-order valence-corrected chi connectivity index (χ4v) is 4.45. The number of imidazole rings is 1. The summed E-state index contributed by atoms with van der Waals surface area (Å²) >= 11 is 1.36. The summed E-state index contributed by atoms with van der Waals surface area (Å²) in [6, 6.07) is 21.1. The highest BCUT2D eigenvalue weighted by Crippen LogP contribution is 2.35. The predicted molar refractivity (Wildman–Crippen MR) is 138 cm³/mol. The number of carbonyl (C=O) groups excluding carboxylic acids is 1. The molecule has 8 heteroatoms. The zero-order chi connectivity index (χ0) is 24.8. The molecule has 1 aromatic heterocycles. The molecule has 2 N–H and O–H groups in total. The third-order valence-electron chi connectivity index (χ3n) is 5.45. The number of hydrogen-bond acceptors (Lipinski definition) is 5. The van der Waals surface area contributed by atoms with E-state index in [4.69, 9.17) is 14.5 Å². The highest BCUT2D eigenvalue weighted by molar-refractivity contribution is 8.00. The largest absolute Gasteiger partial charge is 0.497 e. The van der Waals surface area contributed by atoms with Gasteiger partial charge in [0.25, 0.3) is 0 Å². The summed E-state index contributed by atoms with van der Waals surface area (Å²) in [7, 11) is 3.26. The topological polar surface area (TPSA) is 76.2 Å². The Morgan fingerprint density at radius 1 is 0.943 bits per heavy atom. The van der Waals surface area contributed by atoms with Gasteiger partial charge in [-0.25, -0.2) is 9.37 Å². The van der Waals surface area contributed by atoms with Crippen LogP contribution in [-0.4, -0.2) is 35.3 Å². The molecule has 3 aromatic carbocycles. The van der Waals surface area contributed by atoms with Crippen molar-refractivity contribution < 1.29 is 18.7 Å². The van der Waals surface area contributed by atoms with Gasteiger partial charge in [0.1, 0.15) is 17.3 Å². The van der Waals surface area contributed by atoms with E-state index < -0.39 is 5.25 Å². The third kappa shape index (κ3) is 5.84. The van der Waals surface area contributed by atoms with Gasteiger partial charge in [-0.15, -0.1) is 0 Å². The van der Waals surface area contributed by atoms with Crippen LogP contribution in [0.25, 0.3) is 22.5 Å². The Balaban J connectivity index is 1.63. The summed E-state index contributed by atoms with van der Waals surface area (Å²) < 4.78 is 23.8. The van der Waals surface area contributed by atoms with Gasteiger partial charge in [-0.3, -0.25) is 4.79 Å². The Bertz CT molecular complexity index is 1210. The van der Waals surface area contributed by atoms with Crippen LogP contribution in [-0.2, 0) is 4.79 Å². The molecule has 1 heterocycles.